The van der Waals surface area contributed by atoms with Crippen LogP contribution in [0, 0.1) is 0 Å². The number of ether oxygens (including phenoxy) is 2. The molecule has 21 nitrogen and oxygen atoms in total. The molecule has 7 rings (SSSR count). The van der Waals surface area contributed by atoms with Gasteiger partial charge < -0.3 is 30.9 Å². The summed E-state index contributed by atoms with van der Waals surface area (Å²) in [6.45, 7) is -1.50. The van der Waals surface area contributed by atoms with Crippen LogP contribution >= 0.6 is 7.82 Å². The Morgan fingerprint density at radius 3 is 2.66 bits per heavy atom. The lowest BCUT2D eigenvalue weighted by Gasteiger charge is -2.23. The molecule has 7 heterocycles. The number of halogens is 1. The van der Waals surface area contributed by atoms with Crippen LogP contribution in [0.5, 0.6) is 0 Å². The molecular formula is C20H23FN11O10PS. The zero-order valence-corrected chi connectivity index (χ0v) is 23.7. The molecule has 3 saturated heterocycles. The highest BCUT2D eigenvalue weighted by Gasteiger charge is 2.53. The number of hydrogen-bond acceptors (Lipinski definition) is 17. The van der Waals surface area contributed by atoms with E-state index < -0.39 is 80.3 Å². The highest BCUT2D eigenvalue weighted by atomic mass is 32.2. The van der Waals surface area contributed by atoms with Gasteiger partial charge in [-0.1, -0.05) is 0 Å². The van der Waals surface area contributed by atoms with Gasteiger partial charge in [0.05, 0.1) is 24.8 Å². The molecule has 3 aliphatic rings. The molecule has 4 aromatic rings. The van der Waals surface area contributed by atoms with E-state index in [-0.39, 0.29) is 34.1 Å². The number of alkyl halides is 1. The molecule has 3 aliphatic heterocycles. The summed E-state index contributed by atoms with van der Waals surface area (Å²) in [5.41, 5.74) is 12.1. The van der Waals surface area contributed by atoms with Gasteiger partial charge in [-0.15, -0.1) is 0 Å². The van der Waals surface area contributed by atoms with Gasteiger partial charge in [0, 0.05) is 6.54 Å². The summed E-state index contributed by atoms with van der Waals surface area (Å²) < 4.78 is 86.7. The van der Waals surface area contributed by atoms with Crippen molar-refractivity contribution in [3.63, 3.8) is 0 Å². The van der Waals surface area contributed by atoms with Crippen LogP contribution in [-0.4, -0.2) is 107 Å². The van der Waals surface area contributed by atoms with Crippen molar-refractivity contribution in [2.24, 2.45) is 0 Å². The summed E-state index contributed by atoms with van der Waals surface area (Å²) in [6, 6.07) is 0. The molecule has 0 spiro atoms. The molecular weight excluding hydrogens is 636 g/mol. The fourth-order valence-electron chi connectivity index (χ4n) is 5.25. The van der Waals surface area contributed by atoms with Crippen molar-refractivity contribution in [3.05, 3.63) is 30.9 Å². The Bertz CT molecular complexity index is 1900. The first-order valence-electron chi connectivity index (χ1n) is 12.8. The van der Waals surface area contributed by atoms with Crippen LogP contribution in [0.1, 0.15) is 18.0 Å². The first-order valence-corrected chi connectivity index (χ1v) is 15.7. The molecule has 0 aliphatic carbocycles. The molecule has 44 heavy (non-hydrogen) atoms. The maximum Gasteiger partial charge on any atom is 0.472 e. The smallest absolute Gasteiger partial charge is 0.387 e. The summed E-state index contributed by atoms with van der Waals surface area (Å²) in [5.74, 6) is 0.0171. The number of nitrogens with one attached hydrogen (secondary N) is 1. The number of nitrogen functional groups attached to an aromatic ring is 2. The number of fused-ring (bicyclic) bond motifs is 5. The van der Waals surface area contributed by atoms with E-state index in [1.54, 1.807) is 0 Å². The number of phosphoric ester groups is 1. The largest absolute Gasteiger partial charge is 0.472 e. The molecule has 236 valence electrons. The van der Waals surface area contributed by atoms with Crippen molar-refractivity contribution in [1.82, 2.24) is 43.8 Å². The number of phosphoric acid groups is 1. The minimum atomic E-state index is -5.09. The number of aliphatic hydroxyl groups is 1. The third-order valence-corrected chi connectivity index (χ3v) is 9.25. The number of rotatable bonds is 2. The van der Waals surface area contributed by atoms with Crippen LogP contribution in [-0.2, 0) is 37.6 Å². The summed E-state index contributed by atoms with van der Waals surface area (Å²) in [6.07, 6.45) is -8.51. The van der Waals surface area contributed by atoms with Crippen molar-refractivity contribution in [2.75, 3.05) is 24.6 Å². The summed E-state index contributed by atoms with van der Waals surface area (Å²) in [4.78, 5) is 30.4. The van der Waals surface area contributed by atoms with Crippen LogP contribution in [0.3, 0.4) is 0 Å². The van der Waals surface area contributed by atoms with Gasteiger partial charge in [-0.05, 0) is 0 Å². The third-order valence-electron chi connectivity index (χ3n) is 7.27. The fourth-order valence-corrected chi connectivity index (χ4v) is 7.15. The Hall–Kier alpha value is -3.51. The second-order valence-electron chi connectivity index (χ2n) is 9.94. The molecule has 3 fully saturated rings. The normalized spacial score (nSPS) is 36.1. The van der Waals surface area contributed by atoms with Gasteiger partial charge in [0.15, 0.2) is 35.3 Å². The molecule has 4 aromatic heterocycles. The first kappa shape index (κ1) is 29.2. The number of nitrogens with two attached hydrogens (primary N) is 2. The van der Waals surface area contributed by atoms with Gasteiger partial charge in [0.25, 0.3) is 0 Å². The highest BCUT2D eigenvalue weighted by molar-refractivity contribution is 7.84. The molecule has 0 aromatic carbocycles. The van der Waals surface area contributed by atoms with Crippen molar-refractivity contribution in [1.29, 1.82) is 0 Å². The average Bonchev–Trinajstić information content (AvgIpc) is 3.73. The first-order chi connectivity index (χ1) is 20.9. The van der Waals surface area contributed by atoms with E-state index in [1.165, 1.54) is 17.0 Å². The van der Waals surface area contributed by atoms with Crippen molar-refractivity contribution >= 4 is 46.6 Å². The minimum Gasteiger partial charge on any atom is -0.387 e. The lowest BCUT2D eigenvalue weighted by molar-refractivity contribution is -0.0352. The van der Waals surface area contributed by atoms with Crippen LogP contribution in [0.4, 0.5) is 16.0 Å². The van der Waals surface area contributed by atoms with Crippen LogP contribution in [0.2, 0.25) is 0 Å². The Labute approximate surface area is 245 Å². The molecule has 0 radical (unpaired) electrons. The number of hydrogen-bond donors (Lipinski definition) is 5. The molecule has 2 bridgehead atoms. The van der Waals surface area contributed by atoms with Crippen LogP contribution in [0.25, 0.3) is 16.8 Å². The van der Waals surface area contributed by atoms with Gasteiger partial charge in [-0.3, -0.25) is 13.6 Å². The van der Waals surface area contributed by atoms with E-state index in [2.05, 4.69) is 34.7 Å². The maximum absolute atomic E-state index is 15.9. The SMILES string of the molecule is Nc1ncnc2c1ncn2C1OC2CNS(=O)(=O)OC3C(c4cnc5c(N)ncnn45)OC(COP(=O)(O)OC2C1F)C3O. The summed E-state index contributed by atoms with van der Waals surface area (Å²) >= 11 is 0. The van der Waals surface area contributed by atoms with Gasteiger partial charge in [0.2, 0.25) is 0 Å². The summed E-state index contributed by atoms with van der Waals surface area (Å²) in [7, 11) is -9.83. The molecule has 7 N–H and O–H groups in total. The van der Waals surface area contributed by atoms with E-state index in [1.807, 2.05) is 0 Å². The Balaban J connectivity index is 1.20. The van der Waals surface area contributed by atoms with Crippen molar-refractivity contribution < 1.29 is 50.1 Å². The monoisotopic (exact) mass is 659 g/mol. The van der Waals surface area contributed by atoms with Crippen molar-refractivity contribution in [3.8, 4) is 0 Å². The predicted molar refractivity (Wildman–Crippen MR) is 140 cm³/mol. The minimum absolute atomic E-state index is 0.00661. The number of imidazole rings is 2. The van der Waals surface area contributed by atoms with Crippen molar-refractivity contribution in [2.45, 2.75) is 49.0 Å². The van der Waals surface area contributed by atoms with Gasteiger partial charge in [-0.2, -0.15) is 18.2 Å². The molecule has 0 amide bonds. The number of anilines is 2. The van der Waals surface area contributed by atoms with Crippen LogP contribution in [0.15, 0.2) is 25.2 Å². The number of aromatic nitrogens is 8. The van der Waals surface area contributed by atoms with E-state index in [9.17, 15) is 23.0 Å². The van der Waals surface area contributed by atoms with E-state index >= 15 is 4.39 Å². The lowest BCUT2D eigenvalue weighted by Crippen LogP contribution is -2.43. The highest BCUT2D eigenvalue weighted by Crippen LogP contribution is 2.50. The standard InChI is InChI=1S/C20H23FN11O10PS/c21-10-14-8(40-20(10)31-6-28-11-16(22)25-4-27-18(11)31)2-30-44(36,37)42-15-12(33)9(3-38-43(34,35)41-14)39-13(15)7-1-24-19-17(23)26-5-29-32(7)19/h1,4-6,8-10,12-15,20,30,33H,2-3H2,(H,34,35)(H2,22,25,27)(H2,23,26,29). The summed E-state index contributed by atoms with van der Waals surface area (Å²) in [5, 5.41) is 15.0. The average molecular weight is 660 g/mol. The second kappa shape index (κ2) is 10.5. The fraction of sp³-hybridized carbons (Fsp3) is 0.500. The quantitative estimate of drug-likeness (QED) is 0.144. The van der Waals surface area contributed by atoms with E-state index in [4.69, 9.17) is 34.2 Å². The zero-order chi connectivity index (χ0) is 31.0. The topological polar surface area (TPSA) is 289 Å². The molecule has 24 heteroatoms. The zero-order valence-electron chi connectivity index (χ0n) is 22.0. The lowest BCUT2D eigenvalue weighted by atomic mass is 10.1. The molecule has 0 saturated carbocycles. The Morgan fingerprint density at radius 1 is 1.05 bits per heavy atom. The van der Waals surface area contributed by atoms with Gasteiger partial charge in [0.1, 0.15) is 54.8 Å². The van der Waals surface area contributed by atoms with Gasteiger partial charge >= 0.3 is 18.1 Å². The molecule has 9 atom stereocenters. The number of aliphatic hydroxyl groups excluding tert-OH is 1. The Morgan fingerprint density at radius 2 is 1.84 bits per heavy atom. The van der Waals surface area contributed by atoms with E-state index in [0.29, 0.717) is 0 Å². The second-order valence-corrected chi connectivity index (χ2v) is 12.7. The maximum atomic E-state index is 15.9. The molecule has 9 unspecified atom stereocenters. The Kier molecular flexibility index (Phi) is 7.00. The number of nitrogens with zero attached hydrogens (tertiary/aromatic N) is 8. The van der Waals surface area contributed by atoms with Crippen LogP contribution < -0.4 is 16.2 Å². The van der Waals surface area contributed by atoms with Gasteiger partial charge in [-0.25, -0.2) is 42.6 Å². The van der Waals surface area contributed by atoms with E-state index in [0.717, 1.165) is 17.2 Å². The third kappa shape index (κ3) is 4.95. The predicted octanol–water partition coefficient (Wildman–Crippen LogP) is -2.10.